The summed E-state index contributed by atoms with van der Waals surface area (Å²) >= 11 is 0. The van der Waals surface area contributed by atoms with E-state index in [1.807, 2.05) is 24.3 Å². The highest BCUT2D eigenvalue weighted by atomic mass is 16.4. The molecule has 0 saturated carbocycles. The molecular weight excluding hydrogens is 540 g/mol. The van der Waals surface area contributed by atoms with Crippen LogP contribution in [-0.4, -0.2) is 75.7 Å². The molecule has 2 rings (SSSR count). The number of amides is 6. The monoisotopic (exact) mass is 574 g/mol. The Kier molecular flexibility index (Phi) is 11.8. The molecule has 13 N–H and O–H groups in total. The summed E-state index contributed by atoms with van der Waals surface area (Å²) < 4.78 is 0. The van der Waals surface area contributed by atoms with Gasteiger partial charge in [0.2, 0.25) is 35.4 Å². The van der Waals surface area contributed by atoms with Gasteiger partial charge in [-0.2, -0.15) is 0 Å². The van der Waals surface area contributed by atoms with Gasteiger partial charge in [-0.1, -0.05) is 18.2 Å². The molecule has 1 aromatic heterocycles. The number of H-pyrrole nitrogens is 1. The number of para-hydroxylation sites is 1. The first kappa shape index (κ1) is 32.2. The molecule has 4 unspecified atom stereocenters. The zero-order valence-electron chi connectivity index (χ0n) is 22.1. The number of hydrogen-bond acceptors (Lipinski definition) is 8. The van der Waals surface area contributed by atoms with E-state index in [1.165, 1.54) is 0 Å². The summed E-state index contributed by atoms with van der Waals surface area (Å²) in [7, 11) is 0. The number of benzene rings is 1. The van der Waals surface area contributed by atoms with Gasteiger partial charge in [-0.25, -0.2) is 4.79 Å². The van der Waals surface area contributed by atoms with Gasteiger partial charge in [-0.15, -0.1) is 0 Å². The van der Waals surface area contributed by atoms with E-state index in [-0.39, 0.29) is 32.1 Å². The molecule has 0 aliphatic heterocycles. The van der Waals surface area contributed by atoms with Crippen molar-refractivity contribution in [2.24, 2.45) is 22.9 Å². The maximum Gasteiger partial charge on any atom is 0.326 e. The van der Waals surface area contributed by atoms with Crippen LogP contribution >= 0.6 is 0 Å². The van der Waals surface area contributed by atoms with Crippen LogP contribution in [0.5, 0.6) is 0 Å². The normalized spacial score (nSPS) is 13.8. The van der Waals surface area contributed by atoms with E-state index in [9.17, 15) is 38.7 Å². The zero-order chi connectivity index (χ0) is 30.7. The minimum absolute atomic E-state index is 0.111. The van der Waals surface area contributed by atoms with E-state index in [0.717, 1.165) is 16.5 Å². The Morgan fingerprint density at radius 1 is 0.756 bits per heavy atom. The topological polar surface area (TPSA) is 296 Å². The zero-order valence-corrected chi connectivity index (χ0v) is 22.1. The molecule has 6 amide bonds. The molecule has 0 radical (unpaired) electrons. The van der Waals surface area contributed by atoms with Gasteiger partial charge >= 0.3 is 5.97 Å². The highest BCUT2D eigenvalue weighted by Crippen LogP contribution is 2.19. The Hall–Kier alpha value is -4.99. The van der Waals surface area contributed by atoms with Gasteiger partial charge in [0.15, 0.2) is 0 Å². The van der Waals surface area contributed by atoms with Crippen molar-refractivity contribution in [3.8, 4) is 0 Å². The summed E-state index contributed by atoms with van der Waals surface area (Å²) in [5, 5.41) is 17.0. The van der Waals surface area contributed by atoms with Crippen LogP contribution in [0, 0.1) is 0 Å². The second-order valence-corrected chi connectivity index (χ2v) is 9.37. The summed E-state index contributed by atoms with van der Waals surface area (Å²) in [6, 6.07) is 1.68. The second kappa shape index (κ2) is 15.0. The van der Waals surface area contributed by atoms with Gasteiger partial charge in [0.1, 0.15) is 18.1 Å². The minimum Gasteiger partial charge on any atom is -0.480 e. The van der Waals surface area contributed by atoms with Gasteiger partial charge < -0.3 is 49.0 Å². The number of fused-ring (bicyclic) bond motifs is 1. The lowest BCUT2D eigenvalue weighted by atomic mass is 10.0. The molecule has 0 bridgehead atoms. The summed E-state index contributed by atoms with van der Waals surface area (Å²) in [4.78, 5) is 87.3. The average molecular weight is 575 g/mol. The number of aliphatic carboxylic acids is 1. The number of nitrogens with one attached hydrogen (secondary N) is 4. The molecule has 4 atom stereocenters. The first-order valence-electron chi connectivity index (χ1n) is 12.6. The summed E-state index contributed by atoms with van der Waals surface area (Å²) in [6.45, 7) is 0. The van der Waals surface area contributed by atoms with Crippen LogP contribution in [0.25, 0.3) is 10.9 Å². The number of hydrogen-bond donors (Lipinski definition) is 9. The quantitative estimate of drug-likeness (QED) is 0.0927. The van der Waals surface area contributed by atoms with Crippen molar-refractivity contribution in [2.45, 2.75) is 62.7 Å². The third-order valence-corrected chi connectivity index (χ3v) is 6.10. The fraction of sp³-hybridized carbons (Fsp3) is 0.400. The Bertz CT molecular complexity index is 1310. The number of carboxylic acid groups (broad SMARTS) is 1. The molecule has 41 heavy (non-hydrogen) atoms. The van der Waals surface area contributed by atoms with Crippen molar-refractivity contribution in [3.63, 3.8) is 0 Å². The predicted octanol–water partition coefficient (Wildman–Crippen LogP) is -3.02. The summed E-state index contributed by atoms with van der Waals surface area (Å²) in [5.41, 5.74) is 23.1. The van der Waals surface area contributed by atoms with Crippen molar-refractivity contribution in [1.29, 1.82) is 0 Å². The molecule has 16 heteroatoms. The van der Waals surface area contributed by atoms with Crippen LogP contribution in [0.2, 0.25) is 0 Å². The lowest BCUT2D eigenvalue weighted by molar-refractivity contribution is -0.144. The maximum atomic E-state index is 13.2. The molecule has 2 aromatic rings. The molecule has 0 aliphatic carbocycles. The molecule has 0 aliphatic rings. The largest absolute Gasteiger partial charge is 0.480 e. The number of aromatic amines is 1. The van der Waals surface area contributed by atoms with E-state index in [1.54, 1.807) is 6.20 Å². The first-order valence-corrected chi connectivity index (χ1v) is 12.6. The number of carboxylic acids is 1. The highest BCUT2D eigenvalue weighted by molar-refractivity contribution is 5.95. The number of nitrogens with two attached hydrogens (primary N) is 4. The Morgan fingerprint density at radius 3 is 1.78 bits per heavy atom. The number of rotatable bonds is 17. The van der Waals surface area contributed by atoms with E-state index in [0.29, 0.717) is 0 Å². The lowest BCUT2D eigenvalue weighted by Crippen LogP contribution is -2.57. The van der Waals surface area contributed by atoms with Crippen LogP contribution in [0.15, 0.2) is 30.5 Å². The van der Waals surface area contributed by atoms with Crippen LogP contribution in [0.4, 0.5) is 0 Å². The van der Waals surface area contributed by atoms with Gasteiger partial charge in [0, 0.05) is 29.9 Å². The Labute approximate surface area is 233 Å². The minimum atomic E-state index is -1.71. The number of carbonyl (C=O) groups excluding carboxylic acids is 6. The third kappa shape index (κ3) is 10.2. The van der Waals surface area contributed by atoms with E-state index < -0.39 is 72.0 Å². The summed E-state index contributed by atoms with van der Waals surface area (Å²) in [6.07, 6.45) is -0.195. The number of carbonyl (C=O) groups is 7. The maximum absolute atomic E-state index is 13.2. The van der Waals surface area contributed by atoms with Gasteiger partial charge in [0.25, 0.3) is 0 Å². The van der Waals surface area contributed by atoms with E-state index in [2.05, 4.69) is 20.9 Å². The number of aromatic nitrogens is 1. The molecule has 0 fully saturated rings. The van der Waals surface area contributed by atoms with Crippen molar-refractivity contribution in [2.75, 3.05) is 0 Å². The van der Waals surface area contributed by atoms with Crippen LogP contribution in [0.3, 0.4) is 0 Å². The summed E-state index contributed by atoms with van der Waals surface area (Å²) in [5.74, 6) is -6.87. The van der Waals surface area contributed by atoms with Crippen LogP contribution in [0.1, 0.15) is 37.7 Å². The van der Waals surface area contributed by atoms with Crippen molar-refractivity contribution in [1.82, 2.24) is 20.9 Å². The molecule has 0 saturated heterocycles. The Morgan fingerprint density at radius 2 is 1.27 bits per heavy atom. The van der Waals surface area contributed by atoms with E-state index >= 15 is 0 Å². The standard InChI is InChI=1S/C25H34N8O8/c26-14(9-12-11-30-15-4-2-1-3-13(12)15)22(37)31-16(5-7-19(27)34)23(38)32-17(6-8-20(28)35)24(39)33-18(25(40)41)10-21(29)36/h1-4,11,14,16-18,30H,5-10,26H2,(H2,27,34)(H2,28,35)(H2,29,36)(H,31,37)(H,32,38)(H,33,39)(H,40,41). The predicted molar refractivity (Wildman–Crippen MR) is 144 cm³/mol. The molecule has 1 heterocycles. The molecule has 16 nitrogen and oxygen atoms in total. The Balaban J connectivity index is 2.18. The first-order chi connectivity index (χ1) is 19.3. The molecule has 0 spiro atoms. The second-order valence-electron chi connectivity index (χ2n) is 9.37. The van der Waals surface area contributed by atoms with Gasteiger partial charge in [-0.05, 0) is 30.9 Å². The van der Waals surface area contributed by atoms with Crippen LogP contribution < -0.4 is 38.9 Å². The fourth-order valence-electron chi connectivity index (χ4n) is 3.97. The number of primary amides is 3. The smallest absolute Gasteiger partial charge is 0.326 e. The third-order valence-electron chi connectivity index (χ3n) is 6.10. The average Bonchev–Trinajstić information content (AvgIpc) is 3.30. The van der Waals surface area contributed by atoms with Crippen molar-refractivity contribution >= 4 is 52.3 Å². The van der Waals surface area contributed by atoms with E-state index in [4.69, 9.17) is 22.9 Å². The molecular formula is C25H34N8O8. The SMILES string of the molecule is NC(=O)CCC(NC(=O)C(N)Cc1c[nH]c2ccccc12)C(=O)NC(CCC(N)=O)C(=O)NC(CC(N)=O)C(=O)O. The molecule has 1 aromatic carbocycles. The lowest BCUT2D eigenvalue weighted by Gasteiger charge is -2.25. The van der Waals surface area contributed by atoms with Gasteiger partial charge in [-0.3, -0.25) is 28.8 Å². The van der Waals surface area contributed by atoms with Crippen LogP contribution in [-0.2, 0) is 40.0 Å². The van der Waals surface area contributed by atoms with Crippen molar-refractivity contribution in [3.05, 3.63) is 36.0 Å². The fourth-order valence-corrected chi connectivity index (χ4v) is 3.97. The van der Waals surface area contributed by atoms with Crippen molar-refractivity contribution < 1.29 is 38.7 Å². The van der Waals surface area contributed by atoms with Gasteiger partial charge in [0.05, 0.1) is 12.5 Å². The highest BCUT2D eigenvalue weighted by Gasteiger charge is 2.31. The molecule has 222 valence electrons.